The molecule has 0 heterocycles. The Balaban J connectivity index is 0.000000254. The standard InChI is InChI=1S/2C22H18Cl2N2O7S/c2*1-32-19-8-13(21(27)25-16-5-3-12(4-6-16)22(28)29)7-18(20(19)33-2)26-34(30,31)17-10-14(23)9-15(24)11-17/h2*3-11,26H,1-2H3,(H,25,27)(H,28,29). The molecule has 0 aromatic heterocycles. The smallest absolute Gasteiger partial charge is 0.335 e. The van der Waals surface area contributed by atoms with E-state index in [0.717, 1.165) is 0 Å². The zero-order chi connectivity index (χ0) is 50.1. The number of rotatable bonds is 16. The molecule has 0 atom stereocenters. The monoisotopic (exact) mass is 1050 g/mol. The Morgan fingerprint density at radius 2 is 0.750 bits per heavy atom. The van der Waals surface area contributed by atoms with Crippen LogP contribution in [0.4, 0.5) is 22.7 Å². The average molecular weight is 1050 g/mol. The first-order chi connectivity index (χ1) is 32.1. The Morgan fingerprint density at radius 3 is 1.01 bits per heavy atom. The van der Waals surface area contributed by atoms with Gasteiger partial charge in [-0.15, -0.1) is 0 Å². The van der Waals surface area contributed by atoms with Crippen LogP contribution >= 0.6 is 46.4 Å². The van der Waals surface area contributed by atoms with Crippen molar-refractivity contribution in [1.29, 1.82) is 0 Å². The van der Waals surface area contributed by atoms with E-state index in [1.165, 1.54) is 138 Å². The highest BCUT2D eigenvalue weighted by atomic mass is 35.5. The van der Waals surface area contributed by atoms with E-state index in [1.54, 1.807) is 0 Å². The molecule has 0 fully saturated rings. The summed E-state index contributed by atoms with van der Waals surface area (Å²) in [6.07, 6.45) is 0. The molecule has 0 saturated heterocycles. The minimum Gasteiger partial charge on any atom is -0.493 e. The van der Waals surface area contributed by atoms with Crippen molar-refractivity contribution in [3.8, 4) is 23.0 Å². The van der Waals surface area contributed by atoms with Crippen LogP contribution in [0, 0.1) is 0 Å². The molecule has 6 aromatic rings. The van der Waals surface area contributed by atoms with Gasteiger partial charge in [-0.3, -0.25) is 19.0 Å². The normalized spacial score (nSPS) is 10.9. The third-order valence-corrected chi connectivity index (χ3v) is 12.6. The first-order valence-corrected chi connectivity index (χ1v) is 23.3. The number of hydrogen-bond donors (Lipinski definition) is 6. The number of carboxylic acids is 2. The van der Waals surface area contributed by atoms with Crippen molar-refractivity contribution >= 4 is 113 Å². The van der Waals surface area contributed by atoms with Gasteiger partial charge in [-0.25, -0.2) is 26.4 Å². The molecule has 0 radical (unpaired) electrons. The van der Waals surface area contributed by atoms with Gasteiger partial charge in [0, 0.05) is 42.6 Å². The van der Waals surface area contributed by atoms with Gasteiger partial charge in [-0.1, -0.05) is 46.4 Å². The van der Waals surface area contributed by atoms with Gasteiger partial charge in [0.05, 0.1) is 60.7 Å². The Morgan fingerprint density at radius 1 is 0.441 bits per heavy atom. The SMILES string of the molecule is COc1cc(C(=O)Nc2ccc(C(=O)O)cc2)cc(NS(=O)(=O)c2cc(Cl)cc(Cl)c2)c1OC.COc1cc(C(=O)Nc2ccc(C(=O)O)cc2)cc(NS(=O)(=O)c2cc(Cl)cc(Cl)c2)c1OC. The predicted octanol–water partition coefficient (Wildman–Crippen LogP) is 9.52. The summed E-state index contributed by atoms with van der Waals surface area (Å²) in [5, 5.41) is 23.7. The van der Waals surface area contributed by atoms with Gasteiger partial charge in [0.25, 0.3) is 31.9 Å². The van der Waals surface area contributed by atoms with Crippen LogP contribution in [0.5, 0.6) is 23.0 Å². The second kappa shape index (κ2) is 22.2. The van der Waals surface area contributed by atoms with E-state index in [2.05, 4.69) is 20.1 Å². The van der Waals surface area contributed by atoms with Crippen LogP contribution in [-0.2, 0) is 20.0 Å². The summed E-state index contributed by atoms with van der Waals surface area (Å²) in [7, 11) is -3.05. The van der Waals surface area contributed by atoms with E-state index in [-0.39, 0.29) is 86.5 Å². The quantitative estimate of drug-likeness (QED) is 0.0527. The molecule has 2 amide bonds. The molecule has 0 unspecified atom stereocenters. The third-order valence-electron chi connectivity index (χ3n) is 9.04. The summed E-state index contributed by atoms with van der Waals surface area (Å²) in [6.45, 7) is 0. The van der Waals surface area contributed by atoms with Gasteiger partial charge in [-0.2, -0.15) is 0 Å². The lowest BCUT2D eigenvalue weighted by atomic mass is 10.1. The maximum absolute atomic E-state index is 13.0. The van der Waals surface area contributed by atoms with Crippen molar-refractivity contribution in [2.45, 2.75) is 9.79 Å². The highest BCUT2D eigenvalue weighted by Gasteiger charge is 2.25. The summed E-state index contributed by atoms with van der Waals surface area (Å²) in [5.41, 5.74) is 0.738. The maximum Gasteiger partial charge on any atom is 0.335 e. The van der Waals surface area contributed by atoms with E-state index >= 15 is 0 Å². The molecule has 6 aromatic carbocycles. The molecule has 356 valence electrons. The van der Waals surface area contributed by atoms with E-state index in [4.69, 9.17) is 75.6 Å². The molecule has 24 heteroatoms. The van der Waals surface area contributed by atoms with Gasteiger partial charge in [0.15, 0.2) is 23.0 Å². The Labute approximate surface area is 408 Å². The number of hydrogen-bond acceptors (Lipinski definition) is 12. The van der Waals surface area contributed by atoms with E-state index in [9.17, 15) is 36.0 Å². The molecule has 0 spiro atoms. The topological polar surface area (TPSA) is 262 Å². The molecule has 6 rings (SSSR count). The minimum absolute atomic E-state index is 0.0431. The van der Waals surface area contributed by atoms with Crippen molar-refractivity contribution in [2.75, 3.05) is 48.5 Å². The maximum atomic E-state index is 13.0. The number of anilines is 4. The van der Waals surface area contributed by atoms with Crippen LogP contribution in [0.3, 0.4) is 0 Å². The van der Waals surface area contributed by atoms with Crippen molar-refractivity contribution in [3.63, 3.8) is 0 Å². The predicted molar refractivity (Wildman–Crippen MR) is 256 cm³/mol. The summed E-state index contributed by atoms with van der Waals surface area (Å²) in [6, 6.07) is 24.0. The van der Waals surface area contributed by atoms with Crippen molar-refractivity contribution in [1.82, 2.24) is 0 Å². The van der Waals surface area contributed by atoms with Crippen LogP contribution in [0.25, 0.3) is 0 Å². The van der Waals surface area contributed by atoms with Gasteiger partial charge >= 0.3 is 11.9 Å². The highest BCUT2D eigenvalue weighted by Crippen LogP contribution is 2.40. The number of nitrogens with one attached hydrogen (secondary N) is 4. The number of ether oxygens (including phenoxy) is 4. The summed E-state index contributed by atoms with van der Waals surface area (Å²) in [5.74, 6) is -3.13. The Kier molecular flexibility index (Phi) is 17.0. The van der Waals surface area contributed by atoms with Crippen molar-refractivity contribution in [2.24, 2.45) is 0 Å². The zero-order valence-corrected chi connectivity index (χ0v) is 40.2. The number of carbonyl (C=O) groups excluding carboxylic acids is 2. The average Bonchev–Trinajstić information content (AvgIpc) is 3.28. The summed E-state index contributed by atoms with van der Waals surface area (Å²) < 4.78 is 77.7. The number of aromatic carboxylic acids is 2. The molecule has 0 aliphatic heterocycles. The van der Waals surface area contributed by atoms with Gasteiger partial charge in [0.1, 0.15) is 0 Å². The van der Waals surface area contributed by atoms with E-state index in [0.29, 0.717) is 11.4 Å². The lowest BCUT2D eigenvalue weighted by Crippen LogP contribution is -2.16. The molecular formula is C44H36Cl4N4O14S2. The second-order valence-corrected chi connectivity index (χ2v) is 18.7. The van der Waals surface area contributed by atoms with Gasteiger partial charge in [-0.05, 0) is 109 Å². The third kappa shape index (κ3) is 13.1. The largest absolute Gasteiger partial charge is 0.493 e. The number of carbonyl (C=O) groups is 4. The van der Waals surface area contributed by atoms with Crippen molar-refractivity contribution < 1.29 is 65.2 Å². The molecule has 0 aliphatic carbocycles. The fourth-order valence-electron chi connectivity index (χ4n) is 5.92. The molecule has 0 aliphatic rings. The number of halogens is 4. The highest BCUT2D eigenvalue weighted by molar-refractivity contribution is 7.93. The molecule has 6 N–H and O–H groups in total. The number of benzene rings is 6. The minimum atomic E-state index is -4.17. The molecule has 18 nitrogen and oxygen atoms in total. The first-order valence-electron chi connectivity index (χ1n) is 18.9. The molecular weight excluding hydrogens is 1010 g/mol. The van der Waals surface area contributed by atoms with Crippen LogP contribution in [0.15, 0.2) is 119 Å². The van der Waals surface area contributed by atoms with E-state index < -0.39 is 43.8 Å². The van der Waals surface area contributed by atoms with Crippen LogP contribution in [0.1, 0.15) is 41.4 Å². The number of amides is 2. The lowest BCUT2D eigenvalue weighted by Gasteiger charge is -2.17. The Bertz CT molecular complexity index is 2890. The molecule has 68 heavy (non-hydrogen) atoms. The summed E-state index contributed by atoms with van der Waals surface area (Å²) in [4.78, 5) is 47.3. The van der Waals surface area contributed by atoms with Crippen LogP contribution in [-0.4, -0.2) is 79.2 Å². The van der Waals surface area contributed by atoms with Crippen LogP contribution in [0.2, 0.25) is 20.1 Å². The molecule has 0 saturated carbocycles. The second-order valence-electron chi connectivity index (χ2n) is 13.6. The van der Waals surface area contributed by atoms with E-state index in [1.807, 2.05) is 0 Å². The number of methoxy groups -OCH3 is 4. The number of sulfonamides is 2. The van der Waals surface area contributed by atoms with Gasteiger partial charge < -0.3 is 39.8 Å². The number of carboxylic acid groups (broad SMARTS) is 2. The van der Waals surface area contributed by atoms with Gasteiger partial charge in [0.2, 0.25) is 0 Å². The van der Waals surface area contributed by atoms with Crippen LogP contribution < -0.4 is 39.0 Å². The van der Waals surface area contributed by atoms with Crippen molar-refractivity contribution in [3.05, 3.63) is 152 Å². The fourth-order valence-corrected chi connectivity index (χ4v) is 9.47. The zero-order valence-electron chi connectivity index (χ0n) is 35.5. The molecule has 0 bridgehead atoms. The summed E-state index contributed by atoms with van der Waals surface area (Å²) >= 11 is 23.7. The Hall–Kier alpha value is -6.94. The fraction of sp³-hybridized carbons (Fsp3) is 0.0909. The lowest BCUT2D eigenvalue weighted by molar-refractivity contribution is 0.0686. The first kappa shape index (κ1) is 52.0.